The van der Waals surface area contributed by atoms with Gasteiger partial charge in [0.05, 0.1) is 7.11 Å². The minimum Gasteiger partial charge on any atom is -0.493 e. The summed E-state index contributed by atoms with van der Waals surface area (Å²) in [5, 5.41) is 6.98. The molecule has 1 fully saturated rings. The highest BCUT2D eigenvalue weighted by molar-refractivity contribution is 14.0. The lowest BCUT2D eigenvalue weighted by Crippen LogP contribution is -2.43. The summed E-state index contributed by atoms with van der Waals surface area (Å²) in [6.07, 6.45) is 6.22. The Morgan fingerprint density at radius 3 is 2.39 bits per heavy atom. The first-order chi connectivity index (χ1) is 15.6. The summed E-state index contributed by atoms with van der Waals surface area (Å²) in [5.41, 5.74) is 1.44. The molecule has 0 bridgehead atoms. The van der Waals surface area contributed by atoms with Crippen LogP contribution in [-0.4, -0.2) is 71.5 Å². The van der Waals surface area contributed by atoms with E-state index in [2.05, 4.69) is 40.4 Å². The number of nitrogens with one attached hydrogen (secondary N) is 2. The second-order valence-corrected chi connectivity index (χ2v) is 8.59. The van der Waals surface area contributed by atoms with Gasteiger partial charge in [0.2, 0.25) is 0 Å². The standard InChI is InChI=1S/C25H44N4O3.HI/c1-6-29(7-2)15-17-32-22-11-10-21(18-23(22)31-5)19-27-24(26-3)28-20-25(14-16-30-4)12-8-9-13-25;/h10-11,18H,6-9,12-17,19-20H2,1-5H3,(H2,26,27,28);1H. The molecule has 7 nitrogen and oxygen atoms in total. The fourth-order valence-corrected chi connectivity index (χ4v) is 4.40. The van der Waals surface area contributed by atoms with Gasteiger partial charge in [-0.05, 0) is 55.5 Å². The van der Waals surface area contributed by atoms with E-state index in [1.165, 1.54) is 25.7 Å². The number of halogens is 1. The Hall–Kier alpha value is -1.26. The third-order valence-corrected chi connectivity index (χ3v) is 6.60. The van der Waals surface area contributed by atoms with E-state index in [0.717, 1.165) is 62.2 Å². The molecule has 190 valence electrons. The summed E-state index contributed by atoms with van der Waals surface area (Å²) in [6.45, 7) is 10.4. The first-order valence-electron chi connectivity index (χ1n) is 12.0. The second-order valence-electron chi connectivity index (χ2n) is 8.59. The van der Waals surface area contributed by atoms with E-state index in [-0.39, 0.29) is 24.0 Å². The topological polar surface area (TPSA) is 67.4 Å². The molecule has 0 aromatic heterocycles. The van der Waals surface area contributed by atoms with E-state index in [1.807, 2.05) is 19.2 Å². The number of ether oxygens (including phenoxy) is 3. The molecule has 1 aromatic carbocycles. The number of guanidine groups is 1. The molecule has 0 amide bonds. The van der Waals surface area contributed by atoms with Crippen molar-refractivity contribution in [1.82, 2.24) is 15.5 Å². The Morgan fingerprint density at radius 1 is 1.06 bits per heavy atom. The molecule has 1 aromatic rings. The van der Waals surface area contributed by atoms with Crippen LogP contribution in [0.15, 0.2) is 23.2 Å². The van der Waals surface area contributed by atoms with Gasteiger partial charge in [0.1, 0.15) is 6.61 Å². The average Bonchev–Trinajstić information content (AvgIpc) is 3.30. The van der Waals surface area contributed by atoms with Crippen LogP contribution in [0.2, 0.25) is 0 Å². The number of hydrogen-bond acceptors (Lipinski definition) is 5. The van der Waals surface area contributed by atoms with Crippen LogP contribution >= 0.6 is 24.0 Å². The van der Waals surface area contributed by atoms with Crippen LogP contribution < -0.4 is 20.1 Å². The largest absolute Gasteiger partial charge is 0.493 e. The Bertz CT molecular complexity index is 692. The van der Waals surface area contributed by atoms with Crippen molar-refractivity contribution < 1.29 is 14.2 Å². The number of methoxy groups -OCH3 is 2. The first kappa shape index (κ1) is 29.8. The number of likely N-dealkylation sites (N-methyl/N-ethyl adjacent to an activating group) is 1. The van der Waals surface area contributed by atoms with Gasteiger partial charge in [-0.3, -0.25) is 4.99 Å². The molecule has 33 heavy (non-hydrogen) atoms. The van der Waals surface area contributed by atoms with Crippen LogP contribution in [0.25, 0.3) is 0 Å². The van der Waals surface area contributed by atoms with Gasteiger partial charge in [-0.15, -0.1) is 24.0 Å². The Morgan fingerprint density at radius 2 is 1.79 bits per heavy atom. The van der Waals surface area contributed by atoms with Crippen LogP contribution in [-0.2, 0) is 11.3 Å². The van der Waals surface area contributed by atoms with Crippen molar-refractivity contribution in [2.24, 2.45) is 10.4 Å². The number of hydrogen-bond donors (Lipinski definition) is 2. The third-order valence-electron chi connectivity index (χ3n) is 6.60. The van der Waals surface area contributed by atoms with Crippen molar-refractivity contribution >= 4 is 29.9 Å². The van der Waals surface area contributed by atoms with Crippen LogP contribution in [0.1, 0.15) is 51.5 Å². The molecule has 8 heteroatoms. The number of aliphatic imine (C=N–C) groups is 1. The van der Waals surface area contributed by atoms with Crippen molar-refractivity contribution in [2.45, 2.75) is 52.5 Å². The van der Waals surface area contributed by atoms with Crippen LogP contribution in [0, 0.1) is 5.41 Å². The van der Waals surface area contributed by atoms with E-state index >= 15 is 0 Å². The van der Waals surface area contributed by atoms with Gasteiger partial charge in [0.25, 0.3) is 0 Å². The SMILES string of the molecule is CCN(CC)CCOc1ccc(CNC(=NC)NCC2(CCOC)CCCC2)cc1OC.I. The molecule has 2 rings (SSSR count). The number of benzene rings is 1. The summed E-state index contributed by atoms with van der Waals surface area (Å²) in [7, 11) is 5.29. The van der Waals surface area contributed by atoms with Crippen molar-refractivity contribution in [3.63, 3.8) is 0 Å². The molecule has 0 atom stereocenters. The molecule has 0 aliphatic heterocycles. The highest BCUT2D eigenvalue weighted by atomic mass is 127. The number of nitrogens with zero attached hydrogens (tertiary/aromatic N) is 2. The average molecular weight is 577 g/mol. The maximum Gasteiger partial charge on any atom is 0.191 e. The molecule has 1 aliphatic rings. The van der Waals surface area contributed by atoms with Gasteiger partial charge >= 0.3 is 0 Å². The lowest BCUT2D eigenvalue weighted by Gasteiger charge is -2.30. The molecule has 1 aliphatic carbocycles. The second kappa shape index (κ2) is 16.4. The smallest absolute Gasteiger partial charge is 0.191 e. The molecule has 2 N–H and O–H groups in total. The maximum atomic E-state index is 5.97. The van der Waals surface area contributed by atoms with Gasteiger partial charge in [0.15, 0.2) is 17.5 Å². The monoisotopic (exact) mass is 576 g/mol. The van der Waals surface area contributed by atoms with Gasteiger partial charge in [-0.25, -0.2) is 0 Å². The maximum absolute atomic E-state index is 5.97. The predicted molar refractivity (Wildman–Crippen MR) is 147 cm³/mol. The zero-order valence-corrected chi connectivity index (χ0v) is 23.6. The fraction of sp³-hybridized carbons (Fsp3) is 0.720. The molecular formula is C25H45IN4O3. The molecule has 0 heterocycles. The summed E-state index contributed by atoms with van der Waals surface area (Å²) < 4.78 is 16.9. The quantitative estimate of drug-likeness (QED) is 0.196. The minimum absolute atomic E-state index is 0. The Labute approximate surface area is 218 Å². The van der Waals surface area contributed by atoms with Crippen molar-refractivity contribution in [3.05, 3.63) is 23.8 Å². The van der Waals surface area contributed by atoms with Crippen molar-refractivity contribution in [1.29, 1.82) is 0 Å². The summed E-state index contributed by atoms with van der Waals surface area (Å²) in [6, 6.07) is 6.10. The summed E-state index contributed by atoms with van der Waals surface area (Å²) in [5.74, 6) is 2.37. The van der Waals surface area contributed by atoms with E-state index < -0.39 is 0 Å². The normalized spacial score (nSPS) is 15.3. The minimum atomic E-state index is 0. The zero-order valence-electron chi connectivity index (χ0n) is 21.2. The fourth-order valence-electron chi connectivity index (χ4n) is 4.40. The summed E-state index contributed by atoms with van der Waals surface area (Å²) in [4.78, 5) is 6.75. The lowest BCUT2D eigenvalue weighted by atomic mass is 9.83. The van der Waals surface area contributed by atoms with Gasteiger partial charge < -0.3 is 29.7 Å². The van der Waals surface area contributed by atoms with E-state index in [0.29, 0.717) is 18.6 Å². The first-order valence-corrected chi connectivity index (χ1v) is 12.0. The third kappa shape index (κ3) is 9.86. The van der Waals surface area contributed by atoms with Gasteiger partial charge in [-0.1, -0.05) is 32.8 Å². The summed E-state index contributed by atoms with van der Waals surface area (Å²) >= 11 is 0. The van der Waals surface area contributed by atoms with E-state index in [9.17, 15) is 0 Å². The van der Waals surface area contributed by atoms with Crippen LogP contribution in [0.3, 0.4) is 0 Å². The predicted octanol–water partition coefficient (Wildman–Crippen LogP) is 4.30. The van der Waals surface area contributed by atoms with Gasteiger partial charge in [-0.2, -0.15) is 0 Å². The molecule has 0 radical (unpaired) electrons. The van der Waals surface area contributed by atoms with Crippen molar-refractivity contribution in [2.75, 3.05) is 60.7 Å². The Balaban J connectivity index is 0.00000544. The molecule has 0 spiro atoms. The molecule has 0 saturated heterocycles. The highest BCUT2D eigenvalue weighted by Gasteiger charge is 2.33. The van der Waals surface area contributed by atoms with Crippen LogP contribution in [0.5, 0.6) is 11.5 Å². The van der Waals surface area contributed by atoms with Crippen molar-refractivity contribution in [3.8, 4) is 11.5 Å². The highest BCUT2D eigenvalue weighted by Crippen LogP contribution is 2.40. The van der Waals surface area contributed by atoms with Crippen LogP contribution in [0.4, 0.5) is 0 Å². The number of rotatable bonds is 14. The zero-order chi connectivity index (χ0) is 23.2. The van der Waals surface area contributed by atoms with E-state index in [1.54, 1.807) is 14.2 Å². The van der Waals surface area contributed by atoms with Gasteiger partial charge in [0, 0.05) is 40.4 Å². The Kier molecular flexibility index (Phi) is 14.8. The molecule has 0 unspecified atom stereocenters. The lowest BCUT2D eigenvalue weighted by molar-refractivity contribution is 0.138. The van der Waals surface area contributed by atoms with E-state index in [4.69, 9.17) is 14.2 Å². The molecular weight excluding hydrogens is 531 g/mol. The molecule has 1 saturated carbocycles.